The van der Waals surface area contributed by atoms with E-state index in [2.05, 4.69) is 22.4 Å². The Bertz CT molecular complexity index is 714. The molecule has 1 aromatic rings. The maximum absolute atomic E-state index is 14.6. The summed E-state index contributed by atoms with van der Waals surface area (Å²) in [5.74, 6) is 0.178. The predicted octanol–water partition coefficient (Wildman–Crippen LogP) is 3.88. The van der Waals surface area contributed by atoms with Gasteiger partial charge in [-0.2, -0.15) is 10.6 Å². The van der Waals surface area contributed by atoms with Gasteiger partial charge in [0.1, 0.15) is 11.9 Å². The number of aliphatic imine (C=N–C) groups is 1. The Morgan fingerprint density at radius 3 is 2.76 bits per heavy atom. The van der Waals surface area contributed by atoms with Crippen molar-refractivity contribution >= 4 is 39.7 Å². The van der Waals surface area contributed by atoms with Gasteiger partial charge in [-0.25, -0.2) is 14.2 Å². The predicted molar refractivity (Wildman–Crippen MR) is 98.5 cm³/mol. The third-order valence-corrected chi connectivity index (χ3v) is 6.46. The fourth-order valence-corrected chi connectivity index (χ4v) is 4.80. The van der Waals surface area contributed by atoms with E-state index in [1.54, 1.807) is 12.1 Å². The molecule has 0 saturated carbocycles. The highest BCUT2D eigenvalue weighted by Crippen LogP contribution is 2.48. The average Bonchev–Trinajstić information content (AvgIpc) is 2.94. The number of isothiocyanates is 1. The van der Waals surface area contributed by atoms with E-state index >= 15 is 0 Å². The highest BCUT2D eigenvalue weighted by atomic mass is 32.3. The summed E-state index contributed by atoms with van der Waals surface area (Å²) in [6.07, 6.45) is 0.127. The maximum Gasteiger partial charge on any atom is 0.414 e. The molecule has 3 rings (SSSR count). The Balaban J connectivity index is 1.72. The lowest BCUT2D eigenvalue weighted by Crippen LogP contribution is -2.25. The second-order valence-electron chi connectivity index (χ2n) is 6.24. The number of thiocarbonyl (C=S) groups is 1. The summed E-state index contributed by atoms with van der Waals surface area (Å²) in [4.78, 5) is 17.1. The molecule has 0 aromatic heterocycles. The summed E-state index contributed by atoms with van der Waals surface area (Å²) in [7, 11) is -2.49. The van der Waals surface area contributed by atoms with E-state index in [9.17, 15) is 18.3 Å². The van der Waals surface area contributed by atoms with E-state index in [-0.39, 0.29) is 19.0 Å². The Labute approximate surface area is 152 Å². The molecule has 25 heavy (non-hydrogen) atoms. The van der Waals surface area contributed by atoms with Crippen molar-refractivity contribution in [3.05, 3.63) is 29.6 Å². The number of carbonyl (C=O) groups excluding carboxylic acids is 1. The largest absolute Gasteiger partial charge is 0.442 e. The van der Waals surface area contributed by atoms with Crippen LogP contribution in [0.2, 0.25) is 0 Å². The molecule has 0 bridgehead atoms. The molecule has 2 aliphatic rings. The molecular formula is C16H19FN2O4S2. The summed E-state index contributed by atoms with van der Waals surface area (Å²) >= 11 is 4.50. The van der Waals surface area contributed by atoms with Gasteiger partial charge in [0.15, 0.2) is 0 Å². The Morgan fingerprint density at radius 2 is 2.12 bits per heavy atom. The minimum absolute atomic E-state index is 0.0378. The van der Waals surface area contributed by atoms with Crippen LogP contribution < -0.4 is 4.90 Å². The zero-order valence-corrected chi connectivity index (χ0v) is 15.1. The number of nitrogens with zero attached hydrogens (tertiary/aromatic N) is 2. The summed E-state index contributed by atoms with van der Waals surface area (Å²) in [6, 6.07) is 4.69. The molecule has 1 amide bonds. The van der Waals surface area contributed by atoms with Crippen molar-refractivity contribution < 1.29 is 23.0 Å². The maximum atomic E-state index is 14.6. The molecule has 6 nitrogen and oxygen atoms in total. The molecule has 1 atom stereocenters. The molecule has 2 heterocycles. The summed E-state index contributed by atoms with van der Waals surface area (Å²) in [6.45, 7) is 0.517. The van der Waals surface area contributed by atoms with Crippen LogP contribution in [0.15, 0.2) is 23.2 Å². The van der Waals surface area contributed by atoms with Crippen LogP contribution in [0, 0.1) is 5.82 Å². The fourth-order valence-electron chi connectivity index (χ4n) is 3.20. The van der Waals surface area contributed by atoms with Crippen LogP contribution in [-0.4, -0.2) is 51.1 Å². The summed E-state index contributed by atoms with van der Waals surface area (Å²) in [5, 5.41) is 2.23. The number of hydrogen-bond donors (Lipinski definition) is 2. The fraction of sp³-hybridized carbons (Fsp3) is 0.500. The summed E-state index contributed by atoms with van der Waals surface area (Å²) in [5.41, 5.74) is 0.980. The molecule has 0 radical (unpaired) electrons. The lowest BCUT2D eigenvalue weighted by atomic mass is 9.93. The van der Waals surface area contributed by atoms with Gasteiger partial charge in [0.25, 0.3) is 0 Å². The van der Waals surface area contributed by atoms with E-state index in [1.807, 2.05) is 0 Å². The zero-order valence-electron chi connectivity index (χ0n) is 13.4. The number of rotatable bonds is 4. The lowest BCUT2D eigenvalue weighted by Gasteiger charge is -2.39. The number of amides is 1. The standard InChI is InChI=1S/C16H19FN2O4S2/c17-15-7-12(19-9-13(8-18-10-24)23-16(19)20)1-2-14(15)11-3-5-25(21,22)6-4-11/h1-2,7,11,13,21-22H,3-6,8-9H2. The molecule has 2 aliphatic heterocycles. The van der Waals surface area contributed by atoms with Crippen LogP contribution in [0.4, 0.5) is 14.9 Å². The number of anilines is 1. The Kier molecular flexibility index (Phi) is 5.41. The van der Waals surface area contributed by atoms with Crippen molar-refractivity contribution in [2.45, 2.75) is 24.9 Å². The third kappa shape index (κ3) is 4.19. The third-order valence-electron chi connectivity index (χ3n) is 4.56. The molecule has 1 unspecified atom stereocenters. The second kappa shape index (κ2) is 7.39. The SMILES string of the molecule is O=C1OC(CN=C=S)CN1c1ccc(C2CCS(O)(O)CC2)c(F)c1. The number of benzene rings is 1. The second-order valence-corrected chi connectivity index (χ2v) is 8.84. The van der Waals surface area contributed by atoms with Gasteiger partial charge in [0, 0.05) is 11.5 Å². The van der Waals surface area contributed by atoms with Crippen LogP contribution in [0.25, 0.3) is 0 Å². The van der Waals surface area contributed by atoms with Crippen LogP contribution in [0.1, 0.15) is 24.3 Å². The highest BCUT2D eigenvalue weighted by Gasteiger charge is 2.33. The minimum atomic E-state index is -2.49. The monoisotopic (exact) mass is 386 g/mol. The first-order chi connectivity index (χ1) is 11.9. The van der Waals surface area contributed by atoms with Gasteiger partial charge in [-0.1, -0.05) is 6.07 Å². The van der Waals surface area contributed by atoms with E-state index in [0.29, 0.717) is 35.6 Å². The van der Waals surface area contributed by atoms with E-state index in [0.717, 1.165) is 0 Å². The van der Waals surface area contributed by atoms with Gasteiger partial charge in [-0.3, -0.25) is 14.0 Å². The van der Waals surface area contributed by atoms with E-state index in [4.69, 9.17) is 4.74 Å². The molecule has 2 saturated heterocycles. The van der Waals surface area contributed by atoms with Gasteiger partial charge in [0.2, 0.25) is 0 Å². The quantitative estimate of drug-likeness (QED) is 0.606. The normalized spacial score (nSPS) is 24.5. The van der Waals surface area contributed by atoms with Gasteiger partial charge in [-0.15, -0.1) is 0 Å². The van der Waals surface area contributed by atoms with Crippen LogP contribution >= 0.6 is 22.8 Å². The molecule has 0 spiro atoms. The zero-order chi connectivity index (χ0) is 18.0. The van der Waals surface area contributed by atoms with Gasteiger partial charge in [-0.05, 0) is 48.7 Å². The number of cyclic esters (lactones) is 1. The first kappa shape index (κ1) is 18.3. The van der Waals surface area contributed by atoms with Crippen molar-refractivity contribution in [3.63, 3.8) is 0 Å². The van der Waals surface area contributed by atoms with E-state index < -0.39 is 28.6 Å². The van der Waals surface area contributed by atoms with Crippen molar-refractivity contribution in [2.75, 3.05) is 29.5 Å². The van der Waals surface area contributed by atoms with Gasteiger partial charge < -0.3 is 4.74 Å². The average molecular weight is 386 g/mol. The molecule has 136 valence electrons. The van der Waals surface area contributed by atoms with Crippen LogP contribution in [-0.2, 0) is 4.74 Å². The van der Waals surface area contributed by atoms with Crippen molar-refractivity contribution in [1.29, 1.82) is 0 Å². The Morgan fingerprint density at radius 1 is 1.40 bits per heavy atom. The van der Waals surface area contributed by atoms with E-state index in [1.165, 1.54) is 11.0 Å². The molecule has 9 heteroatoms. The topological polar surface area (TPSA) is 82.4 Å². The van der Waals surface area contributed by atoms with Gasteiger partial charge >= 0.3 is 6.09 Å². The number of halogens is 1. The van der Waals surface area contributed by atoms with Crippen LogP contribution in [0.5, 0.6) is 0 Å². The minimum Gasteiger partial charge on any atom is -0.442 e. The first-order valence-corrected chi connectivity index (χ1v) is 10.2. The number of ether oxygens (including phenoxy) is 1. The summed E-state index contributed by atoms with van der Waals surface area (Å²) < 4.78 is 39.1. The molecule has 1 aromatic carbocycles. The molecular weight excluding hydrogens is 367 g/mol. The molecule has 2 N–H and O–H groups in total. The molecule has 2 fully saturated rings. The van der Waals surface area contributed by atoms with Crippen molar-refractivity contribution in [1.82, 2.24) is 0 Å². The number of hydrogen-bond acceptors (Lipinski definition) is 6. The molecule has 0 aliphatic carbocycles. The first-order valence-electron chi connectivity index (χ1n) is 7.94. The lowest BCUT2D eigenvalue weighted by molar-refractivity contribution is 0.145. The van der Waals surface area contributed by atoms with Crippen molar-refractivity contribution in [2.24, 2.45) is 4.99 Å². The number of carbonyl (C=O) groups is 1. The van der Waals surface area contributed by atoms with Gasteiger partial charge in [0.05, 0.1) is 23.9 Å². The smallest absolute Gasteiger partial charge is 0.414 e. The van der Waals surface area contributed by atoms with Crippen molar-refractivity contribution in [3.8, 4) is 0 Å². The van der Waals surface area contributed by atoms with Crippen LogP contribution in [0.3, 0.4) is 0 Å². The Hall–Kier alpha value is -1.51. The highest BCUT2D eigenvalue weighted by molar-refractivity contribution is 8.24.